The smallest absolute Gasteiger partial charge is 0.272 e. The molecule has 14 heavy (non-hydrogen) atoms. The average molecular weight is 199 g/mol. The van der Waals surface area contributed by atoms with Crippen molar-refractivity contribution in [3.63, 3.8) is 0 Å². The Labute approximate surface area is 80.1 Å². The van der Waals surface area contributed by atoms with E-state index >= 15 is 0 Å². The monoisotopic (exact) mass is 199 g/mol. The van der Waals surface area contributed by atoms with Crippen LogP contribution < -0.4 is 0 Å². The van der Waals surface area contributed by atoms with E-state index < -0.39 is 17.7 Å². The molecule has 0 bridgehead atoms. The number of hydrogen-bond acceptors (Lipinski definition) is 3. The summed E-state index contributed by atoms with van der Waals surface area (Å²) in [6.07, 6.45) is -1.20. The van der Waals surface area contributed by atoms with Crippen LogP contribution in [-0.4, -0.2) is 16.7 Å². The molecule has 0 spiro atoms. The van der Waals surface area contributed by atoms with Gasteiger partial charge in [0.25, 0.3) is 5.69 Å². The van der Waals surface area contributed by atoms with Crippen LogP contribution >= 0.6 is 0 Å². The summed E-state index contributed by atoms with van der Waals surface area (Å²) in [7, 11) is 0. The van der Waals surface area contributed by atoms with E-state index in [-0.39, 0.29) is 5.69 Å². The first-order valence-electron chi connectivity index (χ1n) is 4.05. The standard InChI is InChI=1S/C9H10FNO3/c1-6-4-7(9(12)5-10)2-3-8(6)11(13)14/h2-4,9,12H,5H2,1H3. The maximum atomic E-state index is 12.1. The van der Waals surface area contributed by atoms with Crippen molar-refractivity contribution in [3.8, 4) is 0 Å². The molecular weight excluding hydrogens is 189 g/mol. The van der Waals surface area contributed by atoms with Gasteiger partial charge in [-0.05, 0) is 24.6 Å². The summed E-state index contributed by atoms with van der Waals surface area (Å²) < 4.78 is 12.1. The lowest BCUT2D eigenvalue weighted by Crippen LogP contribution is -2.00. The third-order valence-electron chi connectivity index (χ3n) is 1.95. The van der Waals surface area contributed by atoms with Crippen LogP contribution in [0.1, 0.15) is 17.2 Å². The van der Waals surface area contributed by atoms with Gasteiger partial charge in [0.05, 0.1) is 4.92 Å². The molecule has 1 atom stereocenters. The highest BCUT2D eigenvalue weighted by molar-refractivity contribution is 5.42. The van der Waals surface area contributed by atoms with E-state index in [9.17, 15) is 14.5 Å². The van der Waals surface area contributed by atoms with Gasteiger partial charge in [0.15, 0.2) is 0 Å². The van der Waals surface area contributed by atoms with Gasteiger partial charge in [-0.2, -0.15) is 0 Å². The number of nitrogens with zero attached hydrogens (tertiary/aromatic N) is 1. The van der Waals surface area contributed by atoms with Crippen molar-refractivity contribution in [1.82, 2.24) is 0 Å². The summed E-state index contributed by atoms with van der Waals surface area (Å²) in [5, 5.41) is 19.6. The zero-order valence-corrected chi connectivity index (χ0v) is 7.61. The summed E-state index contributed by atoms with van der Waals surface area (Å²) in [5.41, 5.74) is 0.746. The molecule has 76 valence electrons. The topological polar surface area (TPSA) is 63.4 Å². The van der Waals surface area contributed by atoms with Crippen LogP contribution in [0.4, 0.5) is 10.1 Å². The van der Waals surface area contributed by atoms with Crippen molar-refractivity contribution in [1.29, 1.82) is 0 Å². The minimum absolute atomic E-state index is 0.0280. The lowest BCUT2D eigenvalue weighted by Gasteiger charge is -2.06. The predicted molar refractivity (Wildman–Crippen MR) is 48.8 cm³/mol. The van der Waals surface area contributed by atoms with Crippen LogP contribution in [0.25, 0.3) is 0 Å². The Balaban J connectivity index is 3.06. The van der Waals surface area contributed by atoms with Gasteiger partial charge in [0.1, 0.15) is 12.8 Å². The fourth-order valence-electron chi connectivity index (χ4n) is 1.18. The SMILES string of the molecule is Cc1cc(C(O)CF)ccc1[N+](=O)[O-]. The fourth-order valence-corrected chi connectivity index (χ4v) is 1.18. The van der Waals surface area contributed by atoms with Crippen LogP contribution in [0.15, 0.2) is 18.2 Å². The number of benzene rings is 1. The van der Waals surface area contributed by atoms with E-state index in [0.29, 0.717) is 11.1 Å². The zero-order valence-electron chi connectivity index (χ0n) is 7.61. The molecule has 4 nitrogen and oxygen atoms in total. The molecule has 0 saturated heterocycles. The molecule has 1 aromatic carbocycles. The van der Waals surface area contributed by atoms with E-state index in [1.165, 1.54) is 18.2 Å². The van der Waals surface area contributed by atoms with Gasteiger partial charge in [-0.1, -0.05) is 0 Å². The van der Waals surface area contributed by atoms with Gasteiger partial charge < -0.3 is 5.11 Å². The number of nitro groups is 1. The van der Waals surface area contributed by atoms with Crippen molar-refractivity contribution in [3.05, 3.63) is 39.4 Å². The van der Waals surface area contributed by atoms with E-state index in [2.05, 4.69) is 0 Å². The second-order valence-electron chi connectivity index (χ2n) is 2.97. The van der Waals surface area contributed by atoms with E-state index in [1.807, 2.05) is 0 Å². The molecule has 0 radical (unpaired) electrons. The third kappa shape index (κ3) is 2.05. The second kappa shape index (κ2) is 4.15. The minimum Gasteiger partial charge on any atom is -0.386 e. The summed E-state index contributed by atoms with van der Waals surface area (Å²) in [4.78, 5) is 9.93. The number of hydrogen-bond donors (Lipinski definition) is 1. The van der Waals surface area contributed by atoms with Gasteiger partial charge in [-0.25, -0.2) is 4.39 Å². The summed E-state index contributed by atoms with van der Waals surface area (Å²) in [5.74, 6) is 0. The van der Waals surface area contributed by atoms with Crippen LogP contribution in [-0.2, 0) is 0 Å². The molecule has 1 unspecified atom stereocenters. The normalized spacial score (nSPS) is 12.5. The molecule has 0 heterocycles. The van der Waals surface area contributed by atoms with Gasteiger partial charge >= 0.3 is 0 Å². The first-order valence-corrected chi connectivity index (χ1v) is 4.05. The number of aliphatic hydroxyl groups excluding tert-OH is 1. The van der Waals surface area contributed by atoms with Crippen molar-refractivity contribution in [2.45, 2.75) is 13.0 Å². The number of nitro benzene ring substituents is 1. The minimum atomic E-state index is -1.20. The molecule has 1 rings (SSSR count). The number of aryl methyl sites for hydroxylation is 1. The van der Waals surface area contributed by atoms with Crippen molar-refractivity contribution in [2.24, 2.45) is 0 Å². The second-order valence-corrected chi connectivity index (χ2v) is 2.97. The van der Waals surface area contributed by atoms with Crippen LogP contribution in [0.2, 0.25) is 0 Å². The predicted octanol–water partition coefficient (Wildman–Crippen LogP) is 1.91. The molecule has 0 amide bonds. The molecule has 0 saturated carbocycles. The lowest BCUT2D eigenvalue weighted by molar-refractivity contribution is -0.385. The number of alkyl halides is 1. The maximum Gasteiger partial charge on any atom is 0.272 e. The maximum absolute atomic E-state index is 12.1. The highest BCUT2D eigenvalue weighted by Crippen LogP contribution is 2.22. The van der Waals surface area contributed by atoms with Gasteiger partial charge in [-0.15, -0.1) is 0 Å². The molecular formula is C9H10FNO3. The molecule has 0 aliphatic rings. The zero-order chi connectivity index (χ0) is 10.7. The third-order valence-corrected chi connectivity index (χ3v) is 1.95. The molecule has 0 fully saturated rings. The van der Waals surface area contributed by atoms with Crippen molar-refractivity contribution >= 4 is 5.69 Å². The highest BCUT2D eigenvalue weighted by atomic mass is 19.1. The van der Waals surface area contributed by atoms with Gasteiger partial charge in [-0.3, -0.25) is 10.1 Å². The summed E-state index contributed by atoms with van der Waals surface area (Å²) in [6.45, 7) is 0.657. The molecule has 5 heteroatoms. The van der Waals surface area contributed by atoms with Gasteiger partial charge in [0.2, 0.25) is 0 Å². The van der Waals surface area contributed by atoms with E-state index in [4.69, 9.17) is 5.11 Å². The number of aliphatic hydroxyl groups is 1. The van der Waals surface area contributed by atoms with Crippen LogP contribution in [0, 0.1) is 17.0 Å². The Hall–Kier alpha value is -1.49. The van der Waals surface area contributed by atoms with Crippen molar-refractivity contribution < 1.29 is 14.4 Å². The quantitative estimate of drug-likeness (QED) is 0.597. The highest BCUT2D eigenvalue weighted by Gasteiger charge is 2.13. The van der Waals surface area contributed by atoms with Crippen LogP contribution in [0.5, 0.6) is 0 Å². The Morgan fingerprint density at radius 3 is 2.71 bits per heavy atom. The van der Waals surface area contributed by atoms with Crippen molar-refractivity contribution in [2.75, 3.05) is 6.67 Å². The molecule has 0 aliphatic carbocycles. The Morgan fingerprint density at radius 1 is 1.64 bits per heavy atom. The molecule has 1 N–H and O–H groups in total. The first-order chi connectivity index (χ1) is 6.56. The first kappa shape index (κ1) is 10.6. The van der Waals surface area contributed by atoms with E-state index in [0.717, 1.165) is 0 Å². The summed E-state index contributed by atoms with van der Waals surface area (Å²) in [6, 6.07) is 4.04. The van der Waals surface area contributed by atoms with E-state index in [1.54, 1.807) is 6.92 Å². The number of rotatable bonds is 3. The number of halogens is 1. The molecule has 0 aromatic heterocycles. The summed E-state index contributed by atoms with van der Waals surface area (Å²) >= 11 is 0. The Kier molecular flexibility index (Phi) is 3.14. The molecule has 0 aliphatic heterocycles. The Bertz CT molecular complexity index is 354. The Morgan fingerprint density at radius 2 is 2.29 bits per heavy atom. The van der Waals surface area contributed by atoms with Gasteiger partial charge in [0, 0.05) is 11.6 Å². The molecule has 1 aromatic rings. The lowest BCUT2D eigenvalue weighted by atomic mass is 10.1. The largest absolute Gasteiger partial charge is 0.386 e. The van der Waals surface area contributed by atoms with Crippen LogP contribution in [0.3, 0.4) is 0 Å². The fraction of sp³-hybridized carbons (Fsp3) is 0.333. The average Bonchev–Trinajstić information content (AvgIpc) is 2.15.